The van der Waals surface area contributed by atoms with Crippen LogP contribution in [0, 0.1) is 0 Å². The van der Waals surface area contributed by atoms with Gasteiger partial charge in [0.15, 0.2) is 5.82 Å². The summed E-state index contributed by atoms with van der Waals surface area (Å²) >= 11 is 0. The lowest BCUT2D eigenvalue weighted by Gasteiger charge is -2.33. The molecule has 1 aromatic heterocycles. The summed E-state index contributed by atoms with van der Waals surface area (Å²) in [6.07, 6.45) is 12.5. The predicted octanol–water partition coefficient (Wildman–Crippen LogP) is 1.16. The number of aryl methyl sites for hydroxylation is 1. The summed E-state index contributed by atoms with van der Waals surface area (Å²) in [5.41, 5.74) is -0.102. The standard InChI is InChI=1S/C17H25N5O2/c1-21-11-9-18-15(16(21)23)22-10-5-8-14(12-22)20-17(24)19-13-6-3-2-4-7-13/h3,6,9,11,13-14H,2,4-5,7-8,10,12H2,1H3,(H2,19,20,24)/t13-,14+/m0/s1. The molecule has 3 rings (SSSR count). The fraction of sp³-hybridized carbons (Fsp3) is 0.588. The lowest BCUT2D eigenvalue weighted by molar-refractivity contribution is 0.232. The zero-order valence-corrected chi connectivity index (χ0v) is 14.1. The molecular weight excluding hydrogens is 306 g/mol. The summed E-state index contributed by atoms with van der Waals surface area (Å²) in [4.78, 5) is 30.6. The Morgan fingerprint density at radius 1 is 1.29 bits per heavy atom. The number of allylic oxidation sites excluding steroid dienone is 1. The number of rotatable bonds is 3. The van der Waals surface area contributed by atoms with E-state index in [9.17, 15) is 9.59 Å². The summed E-state index contributed by atoms with van der Waals surface area (Å²) in [5.74, 6) is 0.460. The normalized spacial score (nSPS) is 23.8. The Morgan fingerprint density at radius 3 is 2.96 bits per heavy atom. The van der Waals surface area contributed by atoms with Gasteiger partial charge in [0.25, 0.3) is 5.56 Å². The zero-order chi connectivity index (χ0) is 16.9. The molecular formula is C17H25N5O2. The Labute approximate surface area is 141 Å². The van der Waals surface area contributed by atoms with Gasteiger partial charge >= 0.3 is 6.03 Å². The molecule has 2 atom stereocenters. The van der Waals surface area contributed by atoms with E-state index in [-0.39, 0.29) is 23.7 Å². The highest BCUT2D eigenvalue weighted by Crippen LogP contribution is 2.15. The lowest BCUT2D eigenvalue weighted by atomic mass is 10.0. The minimum atomic E-state index is -0.132. The Kier molecular flexibility index (Phi) is 5.17. The average Bonchev–Trinajstić information content (AvgIpc) is 2.58. The molecule has 7 heteroatoms. The van der Waals surface area contributed by atoms with Gasteiger partial charge in [-0.2, -0.15) is 0 Å². The van der Waals surface area contributed by atoms with Gasteiger partial charge in [-0.3, -0.25) is 4.79 Å². The number of amides is 2. The average molecular weight is 331 g/mol. The molecule has 2 aliphatic rings. The number of carbonyl (C=O) groups is 1. The predicted molar refractivity (Wildman–Crippen MR) is 93.2 cm³/mol. The second-order valence-corrected chi connectivity index (χ2v) is 6.54. The number of hydrogen-bond donors (Lipinski definition) is 2. The number of nitrogens with zero attached hydrogens (tertiary/aromatic N) is 3. The van der Waals surface area contributed by atoms with Crippen molar-refractivity contribution in [1.29, 1.82) is 0 Å². The SMILES string of the molecule is Cn1ccnc(N2CCC[C@@H](NC(=O)N[C@H]3C=CCCC3)C2)c1=O. The van der Waals surface area contributed by atoms with Gasteiger partial charge in [-0.25, -0.2) is 9.78 Å². The van der Waals surface area contributed by atoms with Crippen LogP contribution in [-0.2, 0) is 7.05 Å². The molecule has 0 radical (unpaired) electrons. The first-order chi connectivity index (χ1) is 11.6. The van der Waals surface area contributed by atoms with Crippen molar-refractivity contribution in [2.45, 2.75) is 44.2 Å². The molecule has 1 saturated heterocycles. The Balaban J connectivity index is 1.58. The van der Waals surface area contributed by atoms with Crippen LogP contribution in [0.4, 0.5) is 10.6 Å². The number of carbonyl (C=O) groups excluding carboxylic acids is 1. The molecule has 1 aliphatic carbocycles. The van der Waals surface area contributed by atoms with Crippen molar-refractivity contribution >= 4 is 11.8 Å². The molecule has 0 unspecified atom stereocenters. The van der Waals surface area contributed by atoms with Crippen LogP contribution in [0.5, 0.6) is 0 Å². The number of aromatic nitrogens is 2. The van der Waals surface area contributed by atoms with E-state index >= 15 is 0 Å². The van der Waals surface area contributed by atoms with Crippen LogP contribution in [0.3, 0.4) is 0 Å². The van der Waals surface area contributed by atoms with E-state index in [4.69, 9.17) is 0 Å². The van der Waals surface area contributed by atoms with Crippen molar-refractivity contribution in [2.75, 3.05) is 18.0 Å². The van der Waals surface area contributed by atoms with Crippen LogP contribution in [-0.4, -0.2) is 40.8 Å². The summed E-state index contributed by atoms with van der Waals surface area (Å²) in [6.45, 7) is 1.40. The molecule has 24 heavy (non-hydrogen) atoms. The summed E-state index contributed by atoms with van der Waals surface area (Å²) in [6, 6.07) is 0.0203. The van der Waals surface area contributed by atoms with Gasteiger partial charge in [0.2, 0.25) is 0 Å². The first kappa shape index (κ1) is 16.5. The molecule has 2 heterocycles. The van der Waals surface area contributed by atoms with Crippen LogP contribution in [0.25, 0.3) is 0 Å². The fourth-order valence-electron chi connectivity index (χ4n) is 3.32. The Morgan fingerprint density at radius 2 is 2.17 bits per heavy atom. The van der Waals surface area contributed by atoms with Gasteiger partial charge in [0.05, 0.1) is 0 Å². The maximum Gasteiger partial charge on any atom is 0.315 e. The maximum atomic E-state index is 12.2. The largest absolute Gasteiger partial charge is 0.350 e. The topological polar surface area (TPSA) is 79.3 Å². The van der Waals surface area contributed by atoms with E-state index in [2.05, 4.69) is 27.8 Å². The minimum absolute atomic E-state index is 0.0260. The van der Waals surface area contributed by atoms with Crippen LogP contribution in [0.2, 0.25) is 0 Å². The monoisotopic (exact) mass is 331 g/mol. The first-order valence-corrected chi connectivity index (χ1v) is 8.64. The van der Waals surface area contributed by atoms with Gasteiger partial charge in [-0.15, -0.1) is 0 Å². The van der Waals surface area contributed by atoms with Gasteiger partial charge in [0.1, 0.15) is 0 Å². The summed E-state index contributed by atoms with van der Waals surface area (Å²) < 4.78 is 1.53. The molecule has 0 aromatic carbocycles. The van der Waals surface area contributed by atoms with Gasteiger partial charge < -0.3 is 20.1 Å². The van der Waals surface area contributed by atoms with E-state index in [0.717, 1.165) is 38.6 Å². The highest BCUT2D eigenvalue weighted by atomic mass is 16.2. The summed E-state index contributed by atoms with van der Waals surface area (Å²) in [7, 11) is 1.72. The molecule has 1 fully saturated rings. The second kappa shape index (κ2) is 7.51. The van der Waals surface area contributed by atoms with Crippen LogP contribution in [0.15, 0.2) is 29.3 Å². The van der Waals surface area contributed by atoms with Crippen molar-refractivity contribution in [3.05, 3.63) is 34.9 Å². The third kappa shape index (κ3) is 3.96. The fourth-order valence-corrected chi connectivity index (χ4v) is 3.32. The van der Waals surface area contributed by atoms with Crippen molar-refractivity contribution in [3.8, 4) is 0 Å². The minimum Gasteiger partial charge on any atom is -0.350 e. The van der Waals surface area contributed by atoms with Crippen LogP contribution in [0.1, 0.15) is 32.1 Å². The second-order valence-electron chi connectivity index (χ2n) is 6.54. The Hall–Kier alpha value is -2.31. The van der Waals surface area contributed by atoms with Crippen LogP contribution >= 0.6 is 0 Å². The quantitative estimate of drug-likeness (QED) is 0.815. The van der Waals surface area contributed by atoms with E-state index in [1.165, 1.54) is 4.57 Å². The third-order valence-electron chi connectivity index (χ3n) is 4.63. The van der Waals surface area contributed by atoms with Gasteiger partial charge in [-0.1, -0.05) is 12.2 Å². The van der Waals surface area contributed by atoms with E-state index < -0.39 is 0 Å². The van der Waals surface area contributed by atoms with Crippen molar-refractivity contribution < 1.29 is 4.79 Å². The molecule has 2 amide bonds. The maximum absolute atomic E-state index is 12.2. The Bertz CT molecular complexity index is 669. The van der Waals surface area contributed by atoms with Crippen molar-refractivity contribution in [1.82, 2.24) is 20.2 Å². The molecule has 1 aliphatic heterocycles. The van der Waals surface area contributed by atoms with Gasteiger partial charge in [-0.05, 0) is 32.1 Å². The van der Waals surface area contributed by atoms with E-state index in [1.807, 2.05) is 4.90 Å². The molecule has 0 bridgehead atoms. The number of anilines is 1. The zero-order valence-electron chi connectivity index (χ0n) is 14.1. The molecule has 2 N–H and O–H groups in total. The molecule has 0 saturated carbocycles. The third-order valence-corrected chi connectivity index (χ3v) is 4.63. The van der Waals surface area contributed by atoms with Crippen molar-refractivity contribution in [3.63, 3.8) is 0 Å². The van der Waals surface area contributed by atoms with E-state index in [1.54, 1.807) is 19.4 Å². The van der Waals surface area contributed by atoms with E-state index in [0.29, 0.717) is 12.4 Å². The lowest BCUT2D eigenvalue weighted by Crippen LogP contribution is -2.53. The highest BCUT2D eigenvalue weighted by Gasteiger charge is 2.24. The van der Waals surface area contributed by atoms with Crippen LogP contribution < -0.4 is 21.1 Å². The summed E-state index contributed by atoms with van der Waals surface area (Å²) in [5, 5.41) is 6.04. The highest BCUT2D eigenvalue weighted by molar-refractivity contribution is 5.75. The van der Waals surface area contributed by atoms with Gasteiger partial charge in [0, 0.05) is 44.6 Å². The molecule has 7 nitrogen and oxygen atoms in total. The van der Waals surface area contributed by atoms with Crippen molar-refractivity contribution in [2.24, 2.45) is 7.05 Å². The smallest absolute Gasteiger partial charge is 0.315 e. The number of hydrogen-bond acceptors (Lipinski definition) is 4. The molecule has 1 aromatic rings. The number of piperidine rings is 1. The molecule has 0 spiro atoms. The number of urea groups is 1. The first-order valence-electron chi connectivity index (χ1n) is 8.64. The number of nitrogens with one attached hydrogen (secondary N) is 2. The molecule has 130 valence electrons.